The van der Waals surface area contributed by atoms with Gasteiger partial charge in [-0.1, -0.05) is 12.1 Å². The molecule has 0 amide bonds. The van der Waals surface area contributed by atoms with Crippen molar-refractivity contribution in [3.63, 3.8) is 0 Å². The number of hydrogen-bond donors (Lipinski definition) is 1. The maximum atomic E-state index is 5.89. The first kappa shape index (κ1) is 11.4. The summed E-state index contributed by atoms with van der Waals surface area (Å²) in [5.74, 6) is 0. The number of anilines is 1. The molecule has 1 aromatic carbocycles. The molecule has 1 aliphatic heterocycles. The zero-order chi connectivity index (χ0) is 11.5. The van der Waals surface area contributed by atoms with Crippen LogP contribution in [-0.2, 0) is 6.54 Å². The fourth-order valence-electron chi connectivity index (χ4n) is 2.16. The predicted octanol–water partition coefficient (Wildman–Crippen LogP) is 1.29. The highest BCUT2D eigenvalue weighted by molar-refractivity contribution is 5.45. The number of likely N-dealkylation sites (tertiary alicyclic amines) is 1. The van der Waals surface area contributed by atoms with Gasteiger partial charge in [0.1, 0.15) is 0 Å². The smallest absolute Gasteiger partial charge is 0.0361 e. The maximum Gasteiger partial charge on any atom is 0.0361 e. The van der Waals surface area contributed by atoms with Crippen LogP contribution in [-0.4, -0.2) is 38.1 Å². The van der Waals surface area contributed by atoms with E-state index in [9.17, 15) is 0 Å². The van der Waals surface area contributed by atoms with Crippen LogP contribution in [0.3, 0.4) is 0 Å². The van der Waals surface area contributed by atoms with E-state index in [1.165, 1.54) is 11.3 Å². The van der Waals surface area contributed by atoms with Crippen molar-refractivity contribution < 1.29 is 0 Å². The number of nitrogens with zero attached hydrogens (tertiary/aromatic N) is 2. The Morgan fingerprint density at radius 3 is 2.50 bits per heavy atom. The molecule has 0 unspecified atom stereocenters. The molecule has 1 saturated heterocycles. The van der Waals surface area contributed by atoms with E-state index in [2.05, 4.69) is 48.2 Å². The molecule has 3 heteroatoms. The molecule has 0 saturated carbocycles. The molecule has 1 heterocycles. The fraction of sp³-hybridized carbons (Fsp3) is 0.538. The molecule has 0 aliphatic carbocycles. The van der Waals surface area contributed by atoms with E-state index >= 15 is 0 Å². The van der Waals surface area contributed by atoms with Crippen LogP contribution in [0.1, 0.15) is 12.0 Å². The summed E-state index contributed by atoms with van der Waals surface area (Å²) in [6.07, 6.45) is 1.13. The monoisotopic (exact) mass is 219 g/mol. The molecular formula is C13H21N3. The highest BCUT2D eigenvalue weighted by Crippen LogP contribution is 2.16. The van der Waals surface area contributed by atoms with E-state index in [1.807, 2.05) is 0 Å². The molecule has 1 aliphatic rings. The second-order valence-corrected chi connectivity index (χ2v) is 4.84. The molecular weight excluding hydrogens is 198 g/mol. The molecule has 2 rings (SSSR count). The van der Waals surface area contributed by atoms with E-state index in [0.717, 1.165) is 26.1 Å². The Hall–Kier alpha value is -1.06. The van der Waals surface area contributed by atoms with Crippen molar-refractivity contribution >= 4 is 5.69 Å². The highest BCUT2D eigenvalue weighted by Gasteiger charge is 2.18. The van der Waals surface area contributed by atoms with Crippen LogP contribution in [0, 0.1) is 0 Å². The van der Waals surface area contributed by atoms with Crippen molar-refractivity contribution in [3.8, 4) is 0 Å². The van der Waals surface area contributed by atoms with Crippen LogP contribution >= 0.6 is 0 Å². The standard InChI is InChI=1S/C13H21N3/c1-15(2)13-5-3-11(4-6-13)9-16-8-7-12(14)10-16/h3-6,12H,7-10,14H2,1-2H3/t12-/m0/s1. The Labute approximate surface area is 97.8 Å². The molecule has 1 fully saturated rings. The SMILES string of the molecule is CN(C)c1ccc(CN2CC[C@H](N)C2)cc1. The zero-order valence-corrected chi connectivity index (χ0v) is 10.2. The first-order valence-corrected chi connectivity index (χ1v) is 5.89. The van der Waals surface area contributed by atoms with Gasteiger partial charge in [0.25, 0.3) is 0 Å². The number of rotatable bonds is 3. The van der Waals surface area contributed by atoms with Gasteiger partial charge in [-0.3, -0.25) is 4.90 Å². The van der Waals surface area contributed by atoms with Crippen LogP contribution in [0.4, 0.5) is 5.69 Å². The largest absolute Gasteiger partial charge is 0.378 e. The molecule has 16 heavy (non-hydrogen) atoms. The summed E-state index contributed by atoms with van der Waals surface area (Å²) in [5.41, 5.74) is 8.52. The topological polar surface area (TPSA) is 32.5 Å². The summed E-state index contributed by atoms with van der Waals surface area (Å²) in [4.78, 5) is 4.55. The normalized spacial score (nSPS) is 21.3. The summed E-state index contributed by atoms with van der Waals surface area (Å²) in [6, 6.07) is 9.13. The van der Waals surface area contributed by atoms with E-state index < -0.39 is 0 Å². The zero-order valence-electron chi connectivity index (χ0n) is 10.2. The van der Waals surface area contributed by atoms with Gasteiger partial charge in [0, 0.05) is 45.5 Å². The van der Waals surface area contributed by atoms with Gasteiger partial charge in [-0.25, -0.2) is 0 Å². The molecule has 0 spiro atoms. The van der Waals surface area contributed by atoms with Crippen LogP contribution in [0.2, 0.25) is 0 Å². The third-order valence-electron chi connectivity index (χ3n) is 3.17. The minimum Gasteiger partial charge on any atom is -0.378 e. The van der Waals surface area contributed by atoms with Crippen LogP contribution in [0.25, 0.3) is 0 Å². The van der Waals surface area contributed by atoms with Crippen molar-refractivity contribution in [2.24, 2.45) is 5.73 Å². The van der Waals surface area contributed by atoms with Crippen LogP contribution in [0.15, 0.2) is 24.3 Å². The average molecular weight is 219 g/mol. The van der Waals surface area contributed by atoms with Crippen molar-refractivity contribution in [1.29, 1.82) is 0 Å². The third kappa shape index (κ3) is 2.74. The second kappa shape index (κ2) is 4.85. The first-order valence-electron chi connectivity index (χ1n) is 5.89. The minimum atomic E-state index is 0.376. The van der Waals surface area contributed by atoms with Gasteiger partial charge >= 0.3 is 0 Å². The average Bonchev–Trinajstić information content (AvgIpc) is 2.65. The predicted molar refractivity (Wildman–Crippen MR) is 68.6 cm³/mol. The lowest BCUT2D eigenvalue weighted by atomic mass is 10.2. The van der Waals surface area contributed by atoms with Gasteiger partial charge in [-0.15, -0.1) is 0 Å². The van der Waals surface area contributed by atoms with Gasteiger partial charge in [-0.05, 0) is 24.1 Å². The second-order valence-electron chi connectivity index (χ2n) is 4.84. The third-order valence-corrected chi connectivity index (χ3v) is 3.17. The van der Waals surface area contributed by atoms with Crippen molar-refractivity contribution in [1.82, 2.24) is 4.90 Å². The van der Waals surface area contributed by atoms with E-state index in [1.54, 1.807) is 0 Å². The van der Waals surface area contributed by atoms with Crippen molar-refractivity contribution in [2.75, 3.05) is 32.1 Å². The van der Waals surface area contributed by atoms with E-state index in [-0.39, 0.29) is 0 Å². The van der Waals surface area contributed by atoms with Gasteiger partial charge in [0.2, 0.25) is 0 Å². The molecule has 0 aromatic heterocycles. The molecule has 0 bridgehead atoms. The summed E-state index contributed by atoms with van der Waals surface area (Å²) >= 11 is 0. The maximum absolute atomic E-state index is 5.89. The Morgan fingerprint density at radius 2 is 2.00 bits per heavy atom. The first-order chi connectivity index (χ1) is 7.65. The van der Waals surface area contributed by atoms with Crippen molar-refractivity contribution in [2.45, 2.75) is 19.0 Å². The lowest BCUT2D eigenvalue weighted by Gasteiger charge is -2.17. The molecule has 88 valence electrons. The summed E-state index contributed by atoms with van der Waals surface area (Å²) in [7, 11) is 4.13. The Morgan fingerprint density at radius 1 is 1.31 bits per heavy atom. The molecule has 0 radical (unpaired) electrons. The summed E-state index contributed by atoms with van der Waals surface area (Å²) in [5, 5.41) is 0. The molecule has 1 atom stereocenters. The van der Waals surface area contributed by atoms with E-state index in [0.29, 0.717) is 6.04 Å². The fourth-order valence-corrected chi connectivity index (χ4v) is 2.16. The van der Waals surface area contributed by atoms with Crippen molar-refractivity contribution in [3.05, 3.63) is 29.8 Å². The van der Waals surface area contributed by atoms with Gasteiger partial charge in [0.15, 0.2) is 0 Å². The molecule has 2 N–H and O–H groups in total. The number of benzene rings is 1. The number of nitrogens with two attached hydrogens (primary N) is 1. The quantitative estimate of drug-likeness (QED) is 0.831. The Bertz CT molecular complexity index is 332. The van der Waals surface area contributed by atoms with Gasteiger partial charge in [-0.2, -0.15) is 0 Å². The molecule has 3 nitrogen and oxygen atoms in total. The molecule has 1 aromatic rings. The summed E-state index contributed by atoms with van der Waals surface area (Å²) in [6.45, 7) is 3.20. The van der Waals surface area contributed by atoms with Crippen LogP contribution < -0.4 is 10.6 Å². The summed E-state index contributed by atoms with van der Waals surface area (Å²) < 4.78 is 0. The van der Waals surface area contributed by atoms with Gasteiger partial charge in [0.05, 0.1) is 0 Å². The highest BCUT2D eigenvalue weighted by atomic mass is 15.2. The lowest BCUT2D eigenvalue weighted by molar-refractivity contribution is 0.327. The lowest BCUT2D eigenvalue weighted by Crippen LogP contribution is -2.26. The minimum absolute atomic E-state index is 0.376. The Balaban J connectivity index is 1.95. The number of hydrogen-bond acceptors (Lipinski definition) is 3. The van der Waals surface area contributed by atoms with Crippen LogP contribution in [0.5, 0.6) is 0 Å². The van der Waals surface area contributed by atoms with E-state index in [4.69, 9.17) is 5.73 Å². The Kier molecular flexibility index (Phi) is 3.46. The van der Waals surface area contributed by atoms with Gasteiger partial charge < -0.3 is 10.6 Å².